The number of ether oxygens (including phenoxy) is 1. The van der Waals surface area contributed by atoms with Gasteiger partial charge < -0.3 is 14.9 Å². The van der Waals surface area contributed by atoms with Gasteiger partial charge in [-0.1, -0.05) is 0 Å². The van der Waals surface area contributed by atoms with Crippen LogP contribution in [0, 0.1) is 6.92 Å². The van der Waals surface area contributed by atoms with Gasteiger partial charge >= 0.3 is 5.97 Å². The number of benzene rings is 1. The second-order valence-electron chi connectivity index (χ2n) is 4.03. The molecule has 0 radical (unpaired) electrons. The lowest BCUT2D eigenvalue weighted by Gasteiger charge is -2.11. The molecule has 0 spiro atoms. The zero-order valence-corrected chi connectivity index (χ0v) is 12.0. The Morgan fingerprint density at radius 3 is 2.60 bits per heavy atom. The number of nitrogens with one attached hydrogen (secondary N) is 1. The van der Waals surface area contributed by atoms with Crippen molar-refractivity contribution in [1.82, 2.24) is 4.72 Å². The summed E-state index contributed by atoms with van der Waals surface area (Å²) in [6, 6.07) is 2.05. The lowest BCUT2D eigenvalue weighted by Crippen LogP contribution is -2.28. The van der Waals surface area contributed by atoms with E-state index in [-0.39, 0.29) is 23.6 Å². The number of sulfonamides is 1. The zero-order chi connectivity index (χ0) is 15.3. The normalized spacial score (nSPS) is 11.5. The molecule has 1 rings (SSSR count). The Hall–Kier alpha value is -1.64. The van der Waals surface area contributed by atoms with Crippen molar-refractivity contribution in [3.63, 3.8) is 0 Å². The first-order valence-electron chi connectivity index (χ1n) is 5.94. The van der Waals surface area contributed by atoms with Crippen molar-refractivity contribution in [3.05, 3.63) is 23.3 Å². The fraction of sp³-hybridized carbons (Fsp3) is 0.417. The fourth-order valence-electron chi connectivity index (χ4n) is 1.60. The quantitative estimate of drug-likeness (QED) is 0.639. The van der Waals surface area contributed by atoms with Gasteiger partial charge in [0.2, 0.25) is 10.0 Å². The third-order valence-corrected chi connectivity index (χ3v) is 4.16. The Balaban J connectivity index is 3.05. The smallest absolute Gasteiger partial charge is 0.339 e. The molecule has 0 unspecified atom stereocenters. The van der Waals surface area contributed by atoms with Crippen molar-refractivity contribution in [1.29, 1.82) is 0 Å². The first-order valence-corrected chi connectivity index (χ1v) is 7.42. The van der Waals surface area contributed by atoms with Crippen LogP contribution in [0.25, 0.3) is 0 Å². The van der Waals surface area contributed by atoms with Crippen LogP contribution in [0.4, 0.5) is 0 Å². The van der Waals surface area contributed by atoms with E-state index in [1.807, 2.05) is 0 Å². The Kier molecular flexibility index (Phi) is 5.49. The highest BCUT2D eigenvalue weighted by Crippen LogP contribution is 2.25. The molecule has 0 aliphatic rings. The number of carbonyl (C=O) groups is 1. The van der Waals surface area contributed by atoms with Crippen molar-refractivity contribution in [2.75, 3.05) is 19.8 Å². The molecule has 0 aromatic heterocycles. The molecule has 0 atom stereocenters. The van der Waals surface area contributed by atoms with E-state index in [2.05, 4.69) is 4.72 Å². The number of carboxylic acid groups (broad SMARTS) is 1. The van der Waals surface area contributed by atoms with Gasteiger partial charge in [0, 0.05) is 13.2 Å². The highest BCUT2D eigenvalue weighted by molar-refractivity contribution is 7.89. The minimum atomic E-state index is -3.85. The van der Waals surface area contributed by atoms with Crippen molar-refractivity contribution >= 4 is 16.0 Å². The highest BCUT2D eigenvalue weighted by atomic mass is 32.2. The SMILES string of the molecule is CCOCCNS(=O)(=O)c1cc(C(=O)O)c(O)cc1C. The predicted octanol–water partition coefficient (Wildman–Crippen LogP) is 0.714. The van der Waals surface area contributed by atoms with Gasteiger partial charge in [-0.2, -0.15) is 0 Å². The van der Waals surface area contributed by atoms with Crippen LogP contribution in [0.3, 0.4) is 0 Å². The number of phenols is 1. The molecule has 0 aliphatic heterocycles. The Morgan fingerprint density at radius 1 is 1.40 bits per heavy atom. The van der Waals surface area contributed by atoms with E-state index in [1.54, 1.807) is 6.92 Å². The van der Waals surface area contributed by atoms with Crippen molar-refractivity contribution in [3.8, 4) is 5.75 Å². The number of hydrogen-bond donors (Lipinski definition) is 3. The Bertz CT molecular complexity index is 596. The second-order valence-corrected chi connectivity index (χ2v) is 5.77. The number of hydrogen-bond acceptors (Lipinski definition) is 5. The predicted molar refractivity (Wildman–Crippen MR) is 71.5 cm³/mol. The summed E-state index contributed by atoms with van der Waals surface area (Å²) in [4.78, 5) is 10.7. The molecule has 0 aliphatic carbocycles. The van der Waals surface area contributed by atoms with Crippen LogP contribution in [0.15, 0.2) is 17.0 Å². The molecule has 0 saturated heterocycles. The van der Waals surface area contributed by atoms with Crippen molar-refractivity contribution in [2.45, 2.75) is 18.7 Å². The van der Waals surface area contributed by atoms with Crippen LogP contribution in [-0.4, -0.2) is 44.4 Å². The third kappa shape index (κ3) is 3.92. The van der Waals surface area contributed by atoms with E-state index in [1.165, 1.54) is 6.92 Å². The topological polar surface area (TPSA) is 113 Å². The van der Waals surface area contributed by atoms with Gasteiger partial charge in [-0.15, -0.1) is 0 Å². The van der Waals surface area contributed by atoms with Gasteiger partial charge in [-0.25, -0.2) is 17.9 Å². The second kappa shape index (κ2) is 6.69. The summed E-state index contributed by atoms with van der Waals surface area (Å²) in [6.07, 6.45) is 0. The average Bonchev–Trinajstić information content (AvgIpc) is 2.33. The zero-order valence-electron chi connectivity index (χ0n) is 11.2. The number of rotatable bonds is 7. The van der Waals surface area contributed by atoms with E-state index in [4.69, 9.17) is 9.84 Å². The molecule has 1 aromatic rings. The number of aromatic hydroxyl groups is 1. The van der Waals surface area contributed by atoms with E-state index in [9.17, 15) is 18.3 Å². The Morgan fingerprint density at radius 2 is 2.05 bits per heavy atom. The molecule has 0 amide bonds. The molecular formula is C12H17NO6S. The van der Waals surface area contributed by atoms with Gasteiger partial charge in [0.05, 0.1) is 11.5 Å². The number of carboxylic acids is 1. The molecule has 20 heavy (non-hydrogen) atoms. The summed E-state index contributed by atoms with van der Waals surface area (Å²) in [5, 5.41) is 18.4. The molecule has 112 valence electrons. The monoisotopic (exact) mass is 303 g/mol. The summed E-state index contributed by atoms with van der Waals surface area (Å²) in [7, 11) is -3.85. The van der Waals surface area contributed by atoms with Crippen LogP contribution in [0.2, 0.25) is 0 Å². The molecule has 7 nitrogen and oxygen atoms in total. The van der Waals surface area contributed by atoms with Gasteiger partial charge in [0.25, 0.3) is 0 Å². The summed E-state index contributed by atoms with van der Waals surface area (Å²) in [5.41, 5.74) is -0.197. The maximum atomic E-state index is 12.1. The van der Waals surface area contributed by atoms with Gasteiger partial charge in [-0.05, 0) is 31.5 Å². The van der Waals surface area contributed by atoms with Crippen LogP contribution < -0.4 is 4.72 Å². The third-order valence-electron chi connectivity index (χ3n) is 2.56. The molecule has 3 N–H and O–H groups in total. The van der Waals surface area contributed by atoms with Gasteiger partial charge in [-0.3, -0.25) is 0 Å². The minimum absolute atomic E-state index is 0.0822. The van der Waals surface area contributed by atoms with E-state index < -0.39 is 27.3 Å². The van der Waals surface area contributed by atoms with Crippen LogP contribution >= 0.6 is 0 Å². The van der Waals surface area contributed by atoms with E-state index >= 15 is 0 Å². The van der Waals surface area contributed by atoms with Gasteiger partial charge in [0.1, 0.15) is 11.3 Å². The van der Waals surface area contributed by atoms with Crippen molar-refractivity contribution in [2.24, 2.45) is 0 Å². The lowest BCUT2D eigenvalue weighted by molar-refractivity contribution is 0.0693. The van der Waals surface area contributed by atoms with E-state index in [0.29, 0.717) is 6.61 Å². The first kappa shape index (κ1) is 16.4. The molecular weight excluding hydrogens is 286 g/mol. The van der Waals surface area contributed by atoms with Crippen LogP contribution in [0.1, 0.15) is 22.8 Å². The maximum absolute atomic E-state index is 12.1. The maximum Gasteiger partial charge on any atom is 0.339 e. The Labute approximate surface area is 117 Å². The molecule has 8 heteroatoms. The van der Waals surface area contributed by atoms with Crippen molar-refractivity contribution < 1.29 is 28.2 Å². The molecule has 0 saturated carbocycles. The summed E-state index contributed by atoms with van der Waals surface area (Å²) in [6.45, 7) is 4.04. The number of aromatic carboxylic acids is 1. The largest absolute Gasteiger partial charge is 0.507 e. The average molecular weight is 303 g/mol. The molecule has 0 bridgehead atoms. The number of aryl methyl sites for hydroxylation is 1. The van der Waals surface area contributed by atoms with Gasteiger partial charge in [0.15, 0.2) is 0 Å². The molecule has 0 heterocycles. The molecule has 0 fully saturated rings. The highest BCUT2D eigenvalue weighted by Gasteiger charge is 2.21. The molecule has 1 aromatic carbocycles. The lowest BCUT2D eigenvalue weighted by atomic mass is 10.1. The summed E-state index contributed by atoms with van der Waals surface area (Å²) in [5.74, 6) is -1.86. The first-order chi connectivity index (χ1) is 9.29. The fourth-order valence-corrected chi connectivity index (χ4v) is 2.87. The summed E-state index contributed by atoms with van der Waals surface area (Å²) >= 11 is 0. The summed E-state index contributed by atoms with van der Waals surface area (Å²) < 4.78 is 31.4. The van der Waals surface area contributed by atoms with Crippen LogP contribution in [-0.2, 0) is 14.8 Å². The van der Waals surface area contributed by atoms with E-state index in [0.717, 1.165) is 12.1 Å². The minimum Gasteiger partial charge on any atom is -0.507 e. The van der Waals surface area contributed by atoms with Crippen LogP contribution in [0.5, 0.6) is 5.75 Å². The standard InChI is InChI=1S/C12H17NO6S/c1-3-19-5-4-13-20(17,18)11-7-9(12(15)16)10(14)6-8(11)2/h6-7,13-14H,3-5H2,1-2H3,(H,15,16).